The molecule has 1 aromatic heterocycles. The number of aliphatic hydroxyl groups excluding tert-OH is 1. The Balaban J connectivity index is 1.72. The second kappa shape index (κ2) is 9.13. The number of amides is 1. The largest absolute Gasteiger partial charge is 0.508 e. The SMILES string of the molecule is CCOc1ccc2nc(N3C(=O)C(=O)C(=C(O)c4cc(C)ccc4C)C3c3ccc(O)cc3)sc2c1. The summed E-state index contributed by atoms with van der Waals surface area (Å²) in [4.78, 5) is 32.8. The number of fused-ring (bicyclic) bond motifs is 1. The summed E-state index contributed by atoms with van der Waals surface area (Å²) in [5, 5.41) is 21.6. The van der Waals surface area contributed by atoms with Gasteiger partial charge in [-0.25, -0.2) is 4.98 Å². The molecule has 1 saturated heterocycles. The lowest BCUT2D eigenvalue weighted by Gasteiger charge is -2.23. The van der Waals surface area contributed by atoms with Crippen molar-refractivity contribution in [1.82, 2.24) is 4.98 Å². The molecule has 5 rings (SSSR count). The lowest BCUT2D eigenvalue weighted by atomic mass is 9.93. The van der Waals surface area contributed by atoms with E-state index in [1.165, 1.54) is 28.4 Å². The number of phenols is 1. The molecule has 7 nitrogen and oxygen atoms in total. The van der Waals surface area contributed by atoms with E-state index in [9.17, 15) is 19.8 Å². The number of hydrogen-bond donors (Lipinski definition) is 2. The van der Waals surface area contributed by atoms with E-state index >= 15 is 0 Å². The van der Waals surface area contributed by atoms with E-state index in [2.05, 4.69) is 4.98 Å². The van der Waals surface area contributed by atoms with Crippen molar-refractivity contribution in [3.05, 3.63) is 88.5 Å². The minimum atomic E-state index is -0.919. The number of phenolic OH excluding ortho intramolecular Hbond substituents is 1. The van der Waals surface area contributed by atoms with E-state index < -0.39 is 17.7 Å². The van der Waals surface area contributed by atoms with Gasteiger partial charge in [-0.05, 0) is 68.3 Å². The molecule has 1 unspecified atom stereocenters. The number of hydrogen-bond acceptors (Lipinski definition) is 7. The Morgan fingerprint density at radius 1 is 1.06 bits per heavy atom. The molecule has 4 aromatic rings. The maximum absolute atomic E-state index is 13.4. The van der Waals surface area contributed by atoms with Crippen LogP contribution in [-0.2, 0) is 9.59 Å². The van der Waals surface area contributed by atoms with E-state index in [0.717, 1.165) is 15.8 Å². The number of nitrogens with zero attached hydrogens (tertiary/aromatic N) is 2. The van der Waals surface area contributed by atoms with Crippen molar-refractivity contribution in [1.29, 1.82) is 0 Å². The second-order valence-corrected chi connectivity index (χ2v) is 9.65. The molecule has 2 heterocycles. The zero-order chi connectivity index (χ0) is 25.6. The van der Waals surface area contributed by atoms with Crippen molar-refractivity contribution >= 4 is 44.1 Å². The molecule has 3 aromatic carbocycles. The molecular weight excluding hydrogens is 476 g/mol. The maximum Gasteiger partial charge on any atom is 0.301 e. The second-order valence-electron chi connectivity index (χ2n) is 8.64. The van der Waals surface area contributed by atoms with E-state index in [-0.39, 0.29) is 17.1 Å². The third kappa shape index (κ3) is 3.99. The number of rotatable bonds is 5. The Hall–Kier alpha value is -4.17. The number of benzene rings is 3. The summed E-state index contributed by atoms with van der Waals surface area (Å²) in [5.41, 5.74) is 3.38. The number of ketones is 1. The highest BCUT2D eigenvalue weighted by atomic mass is 32.1. The third-order valence-electron chi connectivity index (χ3n) is 6.17. The summed E-state index contributed by atoms with van der Waals surface area (Å²) in [5.74, 6) is -1.07. The summed E-state index contributed by atoms with van der Waals surface area (Å²) in [6.07, 6.45) is 0. The summed E-state index contributed by atoms with van der Waals surface area (Å²) >= 11 is 1.27. The standard InChI is InChI=1S/C28H24N2O5S/c1-4-35-19-11-12-21-22(14-19)36-28(29-21)30-24(17-7-9-18(31)10-8-17)23(26(33)27(30)34)25(32)20-13-15(2)5-6-16(20)3/h5-14,24,31-32H,4H2,1-3H3. The molecule has 0 radical (unpaired) electrons. The molecule has 1 aliphatic rings. The summed E-state index contributed by atoms with van der Waals surface area (Å²) < 4.78 is 6.39. The molecule has 182 valence electrons. The van der Waals surface area contributed by atoms with Crippen LogP contribution in [0.2, 0.25) is 0 Å². The molecule has 0 bridgehead atoms. The number of anilines is 1. The van der Waals surface area contributed by atoms with Gasteiger partial charge in [-0.1, -0.05) is 41.2 Å². The fourth-order valence-electron chi connectivity index (χ4n) is 4.39. The van der Waals surface area contributed by atoms with Gasteiger partial charge in [0.1, 0.15) is 17.3 Å². The number of carbonyl (C=O) groups is 2. The number of Topliss-reactive ketones (excluding diaryl/α,β-unsaturated/α-hetero) is 1. The Labute approximate surface area is 211 Å². The number of aromatic nitrogens is 1. The number of carbonyl (C=O) groups excluding carboxylic acids is 2. The molecule has 8 heteroatoms. The van der Waals surface area contributed by atoms with Crippen LogP contribution in [0.25, 0.3) is 16.0 Å². The normalized spacial score (nSPS) is 17.2. The van der Waals surface area contributed by atoms with Gasteiger partial charge in [0.15, 0.2) is 5.13 Å². The first-order valence-corrected chi connectivity index (χ1v) is 12.3. The van der Waals surface area contributed by atoms with Crippen molar-refractivity contribution < 1.29 is 24.5 Å². The van der Waals surface area contributed by atoms with E-state index in [0.29, 0.717) is 34.1 Å². The molecule has 1 amide bonds. The predicted molar refractivity (Wildman–Crippen MR) is 140 cm³/mol. The van der Waals surface area contributed by atoms with Gasteiger partial charge in [0, 0.05) is 5.56 Å². The Kier molecular flexibility index (Phi) is 5.97. The summed E-state index contributed by atoms with van der Waals surface area (Å²) in [6, 6.07) is 16.4. The average Bonchev–Trinajstić information content (AvgIpc) is 3.39. The van der Waals surface area contributed by atoms with Gasteiger partial charge in [-0.2, -0.15) is 0 Å². The van der Waals surface area contributed by atoms with Crippen LogP contribution >= 0.6 is 11.3 Å². The zero-order valence-corrected chi connectivity index (χ0v) is 20.8. The highest BCUT2D eigenvalue weighted by Crippen LogP contribution is 2.45. The average molecular weight is 501 g/mol. The van der Waals surface area contributed by atoms with Crippen molar-refractivity contribution in [2.75, 3.05) is 11.5 Å². The molecule has 36 heavy (non-hydrogen) atoms. The highest BCUT2D eigenvalue weighted by molar-refractivity contribution is 7.22. The molecule has 0 aliphatic carbocycles. The molecule has 1 aliphatic heterocycles. The first-order valence-electron chi connectivity index (χ1n) is 11.5. The topological polar surface area (TPSA) is 100.0 Å². The van der Waals surface area contributed by atoms with Gasteiger partial charge in [0.25, 0.3) is 5.78 Å². The van der Waals surface area contributed by atoms with Gasteiger partial charge in [-0.15, -0.1) is 0 Å². The first-order chi connectivity index (χ1) is 17.3. The lowest BCUT2D eigenvalue weighted by Crippen LogP contribution is -2.29. The van der Waals surface area contributed by atoms with E-state index in [1.807, 2.05) is 45.0 Å². The van der Waals surface area contributed by atoms with Crippen LogP contribution in [0.3, 0.4) is 0 Å². The van der Waals surface area contributed by atoms with Crippen LogP contribution in [0.5, 0.6) is 11.5 Å². The number of ether oxygens (including phenoxy) is 1. The highest BCUT2D eigenvalue weighted by Gasteiger charge is 2.48. The van der Waals surface area contributed by atoms with Gasteiger partial charge in [0.05, 0.1) is 28.4 Å². The van der Waals surface area contributed by atoms with Crippen molar-refractivity contribution in [2.45, 2.75) is 26.8 Å². The van der Waals surface area contributed by atoms with Crippen LogP contribution < -0.4 is 9.64 Å². The number of thiazole rings is 1. The first kappa shape index (κ1) is 23.6. The smallest absolute Gasteiger partial charge is 0.301 e. The molecule has 0 spiro atoms. The quantitative estimate of drug-likeness (QED) is 0.209. The van der Waals surface area contributed by atoms with Crippen molar-refractivity contribution in [3.63, 3.8) is 0 Å². The van der Waals surface area contributed by atoms with Gasteiger partial charge >= 0.3 is 5.91 Å². The van der Waals surface area contributed by atoms with E-state index in [1.54, 1.807) is 24.3 Å². The number of aryl methyl sites for hydroxylation is 2. The van der Waals surface area contributed by atoms with Crippen LogP contribution in [0, 0.1) is 13.8 Å². The van der Waals surface area contributed by atoms with Gasteiger partial charge in [0.2, 0.25) is 0 Å². The van der Waals surface area contributed by atoms with Gasteiger partial charge in [-0.3, -0.25) is 14.5 Å². The van der Waals surface area contributed by atoms with Crippen LogP contribution in [0.1, 0.15) is 35.2 Å². The third-order valence-corrected chi connectivity index (χ3v) is 7.18. The van der Waals surface area contributed by atoms with Crippen molar-refractivity contribution in [2.24, 2.45) is 0 Å². The fourth-order valence-corrected chi connectivity index (χ4v) is 5.41. The number of aromatic hydroxyl groups is 1. The summed E-state index contributed by atoms with van der Waals surface area (Å²) in [7, 11) is 0. The zero-order valence-electron chi connectivity index (χ0n) is 20.0. The number of aliphatic hydroxyl groups is 1. The Morgan fingerprint density at radius 2 is 1.81 bits per heavy atom. The Bertz CT molecular complexity index is 1540. The summed E-state index contributed by atoms with van der Waals surface area (Å²) in [6.45, 7) is 6.15. The molecule has 1 fully saturated rings. The minimum Gasteiger partial charge on any atom is -0.508 e. The molecule has 1 atom stereocenters. The van der Waals surface area contributed by atoms with Crippen LogP contribution in [0.4, 0.5) is 5.13 Å². The Morgan fingerprint density at radius 3 is 2.53 bits per heavy atom. The monoisotopic (exact) mass is 500 g/mol. The maximum atomic E-state index is 13.4. The van der Waals surface area contributed by atoms with E-state index in [4.69, 9.17) is 4.74 Å². The van der Waals surface area contributed by atoms with Crippen molar-refractivity contribution in [3.8, 4) is 11.5 Å². The molecule has 2 N–H and O–H groups in total. The molecule has 0 saturated carbocycles. The fraction of sp³-hybridized carbons (Fsp3) is 0.179. The minimum absolute atomic E-state index is 0.0198. The molecular formula is C28H24N2O5S. The predicted octanol–water partition coefficient (Wildman–Crippen LogP) is 5.64. The van der Waals surface area contributed by atoms with Crippen LogP contribution in [-0.4, -0.2) is 33.5 Å². The lowest BCUT2D eigenvalue weighted by molar-refractivity contribution is -0.132. The van der Waals surface area contributed by atoms with Crippen LogP contribution in [0.15, 0.2) is 66.2 Å². The van der Waals surface area contributed by atoms with Gasteiger partial charge < -0.3 is 14.9 Å².